The summed E-state index contributed by atoms with van der Waals surface area (Å²) in [5.74, 6) is 1.97. The first-order chi connectivity index (χ1) is 12.5. The molecule has 5 heteroatoms. The van der Waals surface area contributed by atoms with Crippen molar-refractivity contribution in [3.63, 3.8) is 0 Å². The Morgan fingerprint density at radius 3 is 2.27 bits per heavy atom. The van der Waals surface area contributed by atoms with Gasteiger partial charge in [-0.2, -0.15) is 0 Å². The van der Waals surface area contributed by atoms with E-state index in [9.17, 15) is 4.79 Å². The fourth-order valence-corrected chi connectivity index (χ4v) is 3.45. The molecule has 26 heavy (non-hydrogen) atoms. The van der Waals surface area contributed by atoms with E-state index in [1.807, 2.05) is 62.1 Å². The zero-order valence-corrected chi connectivity index (χ0v) is 18.6. The number of carbonyl (C=O) groups is 1. The zero-order valence-electron chi connectivity index (χ0n) is 16.4. The number of halogens is 1. The van der Waals surface area contributed by atoms with Crippen LogP contribution in [0.3, 0.4) is 0 Å². The number of alkyl halides is 1. The summed E-state index contributed by atoms with van der Waals surface area (Å²) in [6.45, 7) is 8.04. The Labute approximate surface area is 169 Å². The molecule has 2 radical (unpaired) electrons. The van der Waals surface area contributed by atoms with Crippen molar-refractivity contribution in [2.24, 2.45) is 0 Å². The quantitative estimate of drug-likeness (QED) is 0.273. The van der Waals surface area contributed by atoms with Crippen LogP contribution in [0.5, 0.6) is 17.2 Å². The van der Waals surface area contributed by atoms with Crippen LogP contribution in [-0.4, -0.2) is 23.7 Å². The molecular formula is C21H27BIO3-. The molecule has 0 aliphatic heterocycles. The Morgan fingerprint density at radius 2 is 1.77 bits per heavy atom. The summed E-state index contributed by atoms with van der Waals surface area (Å²) < 4.78 is 11.7. The maximum atomic E-state index is 11.8. The van der Waals surface area contributed by atoms with Gasteiger partial charge in [-0.1, -0.05) is 13.8 Å². The van der Waals surface area contributed by atoms with E-state index in [1.54, 1.807) is 7.11 Å². The second-order valence-corrected chi connectivity index (χ2v) is 7.47. The summed E-state index contributed by atoms with van der Waals surface area (Å²) in [5.41, 5.74) is 2.77. The van der Waals surface area contributed by atoms with Crippen molar-refractivity contribution in [3.8, 4) is 17.2 Å². The van der Waals surface area contributed by atoms with Crippen LogP contribution in [0.2, 0.25) is 0 Å². The van der Waals surface area contributed by atoms with Crippen molar-refractivity contribution < 1.29 is 35.5 Å². The molecule has 0 heterocycles. The third-order valence-electron chi connectivity index (χ3n) is 3.94. The van der Waals surface area contributed by atoms with E-state index in [4.69, 9.17) is 17.3 Å². The van der Waals surface area contributed by atoms with E-state index in [0.717, 1.165) is 23.1 Å². The molecule has 0 saturated carbocycles. The van der Waals surface area contributed by atoms with Gasteiger partial charge in [0.25, 0.3) is 0 Å². The predicted octanol–water partition coefficient (Wildman–Crippen LogP) is 2.30. The first kappa shape index (κ1) is 22.5. The number of benzene rings is 2. The minimum atomic E-state index is -0.434. The molecule has 0 aliphatic rings. The summed E-state index contributed by atoms with van der Waals surface area (Å²) in [4.78, 5) is 13.7. The summed E-state index contributed by atoms with van der Waals surface area (Å²) in [6.07, 6.45) is 0.851. The molecule has 0 fully saturated rings. The van der Waals surface area contributed by atoms with Crippen LogP contribution in [0.15, 0.2) is 36.4 Å². The van der Waals surface area contributed by atoms with Gasteiger partial charge in [0, 0.05) is 0 Å². The van der Waals surface area contributed by atoms with E-state index in [1.165, 1.54) is 0 Å². The van der Waals surface area contributed by atoms with Crippen LogP contribution in [0.4, 0.5) is 0 Å². The number of hydrogen-bond donors (Lipinski definition) is 0. The Bertz CT molecular complexity index is 714. The summed E-state index contributed by atoms with van der Waals surface area (Å²) in [7, 11) is 7.81. The molecule has 2 rings (SSSR count). The molecule has 0 saturated heterocycles. The third kappa shape index (κ3) is 5.50. The number of carbonyl (C=O) groups excluding carboxylic acids is 1. The number of methoxy groups -OCH3 is 1. The van der Waals surface area contributed by atoms with Crippen LogP contribution in [0.1, 0.15) is 54.5 Å². The van der Waals surface area contributed by atoms with E-state index in [0.29, 0.717) is 17.2 Å². The molecule has 140 valence electrons. The van der Waals surface area contributed by atoms with Crippen molar-refractivity contribution >= 4 is 11.6 Å². The number of hydrogen-bond acceptors (Lipinski definition) is 3. The van der Waals surface area contributed by atoms with Crippen LogP contribution < -0.4 is 30.7 Å². The Balaban J connectivity index is 0.00000163. The van der Waals surface area contributed by atoms with Crippen molar-refractivity contribution in [2.75, 3.05) is 12.0 Å². The molecule has 0 aliphatic carbocycles. The van der Waals surface area contributed by atoms with Crippen molar-refractivity contribution in [3.05, 3.63) is 53.1 Å². The molecule has 0 N–H and O–H groups in total. The monoisotopic (exact) mass is 465 g/mol. The van der Waals surface area contributed by atoms with E-state index < -0.39 is 21.2 Å². The molecule has 1 unspecified atom stereocenters. The molecule has 2 aromatic rings. The molecule has 0 bridgehead atoms. The van der Waals surface area contributed by atoms with Gasteiger partial charge in [-0.15, -0.1) is 0 Å². The Hall–Kier alpha value is -1.50. The molecule has 0 spiro atoms. The van der Waals surface area contributed by atoms with Crippen LogP contribution in [0, 0.1) is 6.92 Å². The van der Waals surface area contributed by atoms with Crippen LogP contribution >= 0.6 is 0 Å². The summed E-state index contributed by atoms with van der Waals surface area (Å²) in [5, 5.41) is 0. The van der Waals surface area contributed by atoms with Gasteiger partial charge in [-0.25, -0.2) is 0 Å². The first-order valence-electron chi connectivity index (χ1n) is 8.76. The Kier molecular flexibility index (Phi) is 9.77. The van der Waals surface area contributed by atoms with E-state index in [2.05, 4.69) is 6.92 Å². The van der Waals surface area contributed by atoms with Gasteiger partial charge in [0.05, 0.1) is 0 Å². The molecule has 1 atom stereocenters. The third-order valence-corrected chi connectivity index (χ3v) is 5.55. The number of rotatable bonds is 7. The van der Waals surface area contributed by atoms with Gasteiger partial charge < -0.3 is 0 Å². The maximum absolute atomic E-state index is 11.8. The molecular weight excluding hydrogens is 438 g/mol. The van der Waals surface area contributed by atoms with Gasteiger partial charge in [-0.05, 0) is 0 Å². The predicted molar refractivity (Wildman–Crippen MR) is 105 cm³/mol. The van der Waals surface area contributed by atoms with Crippen LogP contribution in [-0.2, 0) is 0 Å². The van der Waals surface area contributed by atoms with Gasteiger partial charge in [0.1, 0.15) is 0 Å². The standard InChI is InChI=1S/C19H21BIO3.C2H6/c1-5-16(20)15-10-11-17(23-4)18(12(15)2)24-14-8-6-13(7-9-14)19(22)21-3;1-2/h6-11,16H,5H2,1-4H3;1-2H3/q-1;. The summed E-state index contributed by atoms with van der Waals surface area (Å²) >= 11 is -0.434. The van der Waals surface area contributed by atoms with Gasteiger partial charge in [0.15, 0.2) is 0 Å². The van der Waals surface area contributed by atoms with Crippen molar-refractivity contribution in [1.29, 1.82) is 0 Å². The minimum absolute atomic E-state index is 0.0354. The average Bonchev–Trinajstić information content (AvgIpc) is 2.70. The van der Waals surface area contributed by atoms with Gasteiger partial charge in [-0.3, -0.25) is 0 Å². The second kappa shape index (κ2) is 11.3. The van der Waals surface area contributed by atoms with E-state index >= 15 is 0 Å². The first-order valence-corrected chi connectivity index (χ1v) is 12.0. The normalized spacial score (nSPS) is 11.3. The number of ether oxygens (including phenoxy) is 2. The van der Waals surface area contributed by atoms with Gasteiger partial charge in [0.2, 0.25) is 0 Å². The Morgan fingerprint density at radius 1 is 1.15 bits per heavy atom. The van der Waals surface area contributed by atoms with Gasteiger partial charge >= 0.3 is 156 Å². The SMILES string of the molecule is CC.[B]C(CC)c1ccc(OC)c(Oc2ccc(C(=O)[I-]C)cc2)c1C. The second-order valence-electron chi connectivity index (χ2n) is 5.42. The van der Waals surface area contributed by atoms with E-state index in [-0.39, 0.29) is 9.61 Å². The topological polar surface area (TPSA) is 35.5 Å². The van der Waals surface area contributed by atoms with Crippen LogP contribution in [0.25, 0.3) is 0 Å². The fraction of sp³-hybridized carbons (Fsp3) is 0.381. The fourth-order valence-electron chi connectivity index (χ4n) is 2.47. The van der Waals surface area contributed by atoms with Crippen molar-refractivity contribution in [1.82, 2.24) is 0 Å². The molecule has 3 nitrogen and oxygen atoms in total. The molecule has 0 amide bonds. The average molecular weight is 465 g/mol. The molecule has 2 aromatic carbocycles. The van der Waals surface area contributed by atoms with Crippen molar-refractivity contribution in [2.45, 2.75) is 39.9 Å². The zero-order chi connectivity index (χ0) is 19.7. The molecule has 0 aromatic heterocycles. The summed E-state index contributed by atoms with van der Waals surface area (Å²) in [6, 6.07) is 11.1.